The van der Waals surface area contributed by atoms with Crippen LogP contribution in [0.3, 0.4) is 0 Å². The molecule has 0 fully saturated rings. The topological polar surface area (TPSA) is 54.0 Å². The molecule has 0 aliphatic rings. The van der Waals surface area contributed by atoms with Gasteiger partial charge in [0.2, 0.25) is 0 Å². The number of hydrogen-bond donors (Lipinski definition) is 0. The summed E-state index contributed by atoms with van der Waals surface area (Å²) in [5.41, 5.74) is 0. The lowest BCUT2D eigenvalue weighted by molar-refractivity contribution is -0.144. The summed E-state index contributed by atoms with van der Waals surface area (Å²) in [6.45, 7) is 11.0. The van der Waals surface area contributed by atoms with E-state index in [9.17, 15) is 4.79 Å². The Bertz CT molecular complexity index is 300. The van der Waals surface area contributed by atoms with Crippen molar-refractivity contribution < 1.29 is 22.5 Å². The van der Waals surface area contributed by atoms with Crippen molar-refractivity contribution in [3.05, 3.63) is 0 Å². The van der Waals surface area contributed by atoms with E-state index in [-0.39, 0.29) is 11.2 Å². The monoisotopic (exact) mass is 380 g/mol. The molecule has 0 heterocycles. The van der Waals surface area contributed by atoms with E-state index in [2.05, 4.69) is 13.8 Å². The van der Waals surface area contributed by atoms with Gasteiger partial charge in [-0.1, -0.05) is 39.5 Å². The number of rotatable bonds is 16. The van der Waals surface area contributed by atoms with Gasteiger partial charge in [0, 0.05) is 19.8 Å². The predicted molar refractivity (Wildman–Crippen MR) is 102 cm³/mol. The molecule has 0 bridgehead atoms. The predicted octanol–water partition coefficient (Wildman–Crippen LogP) is 4.56. The first-order valence-electron chi connectivity index (χ1n) is 9.35. The van der Waals surface area contributed by atoms with Crippen molar-refractivity contribution in [1.29, 1.82) is 0 Å². The van der Waals surface area contributed by atoms with Gasteiger partial charge in [-0.25, -0.2) is 0 Å². The molecule has 0 aliphatic heterocycles. The van der Waals surface area contributed by atoms with Crippen LogP contribution in [0.5, 0.6) is 0 Å². The van der Waals surface area contributed by atoms with Gasteiger partial charge < -0.3 is 17.7 Å². The van der Waals surface area contributed by atoms with E-state index in [1.54, 1.807) is 11.8 Å². The maximum Gasteiger partial charge on any atom is 0.751 e. The van der Waals surface area contributed by atoms with Gasteiger partial charge in [0.1, 0.15) is 5.25 Å². The van der Waals surface area contributed by atoms with Crippen LogP contribution in [-0.4, -0.2) is 45.8 Å². The zero-order valence-electron chi connectivity index (χ0n) is 16.1. The molecule has 0 radical (unpaired) electrons. The SMILES string of the molecule is CCCCCCC(SCCC)C(=O)O[Si](OCC)(OCC)OCC. The van der Waals surface area contributed by atoms with Gasteiger partial charge in [-0.3, -0.25) is 4.79 Å². The highest BCUT2D eigenvalue weighted by atomic mass is 32.2. The van der Waals surface area contributed by atoms with Crippen molar-refractivity contribution in [3.8, 4) is 0 Å². The molecule has 0 N–H and O–H groups in total. The van der Waals surface area contributed by atoms with Crippen LogP contribution < -0.4 is 0 Å². The Balaban J connectivity index is 4.85. The first-order valence-corrected chi connectivity index (χ1v) is 12.0. The van der Waals surface area contributed by atoms with E-state index in [4.69, 9.17) is 17.7 Å². The maximum atomic E-state index is 12.7. The summed E-state index contributed by atoms with van der Waals surface area (Å²) in [5, 5.41) is -0.171. The van der Waals surface area contributed by atoms with Gasteiger partial charge >= 0.3 is 15.0 Å². The van der Waals surface area contributed by atoms with Crippen molar-refractivity contribution in [1.82, 2.24) is 0 Å². The molecule has 0 aromatic rings. The Morgan fingerprint density at radius 1 is 0.875 bits per heavy atom. The summed E-state index contributed by atoms with van der Waals surface area (Å²) in [5.74, 6) is 0.687. The highest BCUT2D eigenvalue weighted by molar-refractivity contribution is 8.00. The van der Waals surface area contributed by atoms with Crippen LogP contribution in [0.25, 0.3) is 0 Å². The third-order valence-corrected chi connectivity index (χ3v) is 7.15. The number of carbonyl (C=O) groups excluding carboxylic acids is 1. The summed E-state index contributed by atoms with van der Waals surface area (Å²) >= 11 is 1.66. The Morgan fingerprint density at radius 2 is 1.46 bits per heavy atom. The van der Waals surface area contributed by atoms with Crippen LogP contribution in [0.4, 0.5) is 0 Å². The largest absolute Gasteiger partial charge is 0.751 e. The Hall–Kier alpha value is -0.0831. The Labute approximate surface area is 153 Å². The number of unbranched alkanes of at least 4 members (excludes halogenated alkanes) is 3. The summed E-state index contributed by atoms with van der Waals surface area (Å²) < 4.78 is 22.6. The van der Waals surface area contributed by atoms with Crippen LogP contribution >= 0.6 is 11.8 Å². The number of carbonyl (C=O) groups is 1. The number of hydrogen-bond acceptors (Lipinski definition) is 6. The molecule has 5 nitrogen and oxygen atoms in total. The second kappa shape index (κ2) is 15.2. The van der Waals surface area contributed by atoms with Crippen molar-refractivity contribution in [2.75, 3.05) is 25.6 Å². The molecule has 0 saturated heterocycles. The molecule has 0 amide bonds. The van der Waals surface area contributed by atoms with Crippen LogP contribution in [-0.2, 0) is 22.5 Å². The van der Waals surface area contributed by atoms with Crippen LogP contribution in [0.2, 0.25) is 0 Å². The summed E-state index contributed by atoms with van der Waals surface area (Å²) in [6, 6.07) is 0. The fourth-order valence-electron chi connectivity index (χ4n) is 2.22. The van der Waals surface area contributed by atoms with Gasteiger partial charge in [-0.15, -0.1) is 11.8 Å². The molecule has 7 heteroatoms. The summed E-state index contributed by atoms with van der Waals surface area (Å²) in [6.07, 6.45) is 6.45. The van der Waals surface area contributed by atoms with E-state index >= 15 is 0 Å². The summed E-state index contributed by atoms with van der Waals surface area (Å²) in [7, 11) is -3.38. The highest BCUT2D eigenvalue weighted by Gasteiger charge is 2.50. The molecule has 0 spiro atoms. The zero-order chi connectivity index (χ0) is 18.3. The van der Waals surface area contributed by atoms with E-state index in [1.807, 2.05) is 20.8 Å². The average molecular weight is 381 g/mol. The molecule has 24 heavy (non-hydrogen) atoms. The summed E-state index contributed by atoms with van der Waals surface area (Å²) in [4.78, 5) is 12.7. The number of thioether (sulfide) groups is 1. The molecule has 1 atom stereocenters. The normalized spacial score (nSPS) is 13.0. The average Bonchev–Trinajstić information content (AvgIpc) is 2.54. The standard InChI is InChI=1S/C17H36O5SSi/c1-6-11-12-13-14-16(23-15-7-2)17(18)22-24(19-8-3,20-9-4)21-10-5/h16H,6-15H2,1-5H3. The molecule has 0 rings (SSSR count). The fourth-order valence-corrected chi connectivity index (χ4v) is 5.22. The minimum Gasteiger partial charge on any atom is -0.451 e. The molecule has 0 saturated carbocycles. The molecular weight excluding hydrogens is 344 g/mol. The minimum absolute atomic E-state index is 0.171. The third kappa shape index (κ3) is 10.0. The maximum absolute atomic E-state index is 12.7. The second-order valence-corrected chi connectivity index (χ2v) is 8.81. The molecule has 144 valence electrons. The molecule has 0 aliphatic carbocycles. The third-order valence-electron chi connectivity index (χ3n) is 3.29. The lowest BCUT2D eigenvalue weighted by atomic mass is 10.1. The first-order chi connectivity index (χ1) is 11.6. The van der Waals surface area contributed by atoms with Crippen molar-refractivity contribution in [2.45, 2.75) is 78.4 Å². The zero-order valence-corrected chi connectivity index (χ0v) is 17.9. The minimum atomic E-state index is -3.38. The molecule has 0 aromatic carbocycles. The lowest BCUT2D eigenvalue weighted by Crippen LogP contribution is -2.52. The van der Waals surface area contributed by atoms with Gasteiger partial charge in [-0.05, 0) is 39.4 Å². The van der Waals surface area contributed by atoms with Crippen LogP contribution in [0, 0.1) is 0 Å². The van der Waals surface area contributed by atoms with Gasteiger partial charge in [-0.2, -0.15) is 0 Å². The van der Waals surface area contributed by atoms with Gasteiger partial charge in [0.15, 0.2) is 0 Å². The molecule has 1 unspecified atom stereocenters. The van der Waals surface area contributed by atoms with E-state index < -0.39 is 9.05 Å². The molecule has 0 aromatic heterocycles. The lowest BCUT2D eigenvalue weighted by Gasteiger charge is -2.27. The Kier molecular flexibility index (Phi) is 15.1. The van der Waals surface area contributed by atoms with E-state index in [1.165, 1.54) is 12.8 Å². The quantitative estimate of drug-likeness (QED) is 0.289. The van der Waals surface area contributed by atoms with Crippen LogP contribution in [0.1, 0.15) is 73.1 Å². The van der Waals surface area contributed by atoms with E-state index in [0.717, 1.165) is 31.4 Å². The van der Waals surface area contributed by atoms with Gasteiger partial charge in [0.05, 0.1) is 0 Å². The van der Waals surface area contributed by atoms with Crippen molar-refractivity contribution in [2.24, 2.45) is 0 Å². The second-order valence-electron chi connectivity index (χ2n) is 5.43. The first kappa shape index (κ1) is 23.9. The van der Waals surface area contributed by atoms with E-state index in [0.29, 0.717) is 19.8 Å². The highest BCUT2D eigenvalue weighted by Crippen LogP contribution is 2.23. The fraction of sp³-hybridized carbons (Fsp3) is 0.941. The smallest absolute Gasteiger partial charge is 0.451 e. The van der Waals surface area contributed by atoms with Crippen molar-refractivity contribution in [3.63, 3.8) is 0 Å². The molecular formula is C17H36O5SSi. The van der Waals surface area contributed by atoms with Crippen LogP contribution in [0.15, 0.2) is 0 Å². The Morgan fingerprint density at radius 3 is 1.92 bits per heavy atom. The van der Waals surface area contributed by atoms with Gasteiger partial charge in [0.25, 0.3) is 0 Å². The van der Waals surface area contributed by atoms with Crippen molar-refractivity contribution >= 4 is 26.8 Å².